The summed E-state index contributed by atoms with van der Waals surface area (Å²) in [6.45, 7) is 0.668. The predicted octanol–water partition coefficient (Wildman–Crippen LogP) is 4.93. The van der Waals surface area contributed by atoms with E-state index >= 15 is 0 Å². The van der Waals surface area contributed by atoms with E-state index in [1.807, 2.05) is 23.9 Å². The lowest BCUT2D eigenvalue weighted by Gasteiger charge is -2.22. The molecule has 0 atom stereocenters. The molecule has 0 spiro atoms. The smallest absolute Gasteiger partial charge is 0.146 e. The second-order valence-electron chi connectivity index (χ2n) is 5.67. The summed E-state index contributed by atoms with van der Waals surface area (Å²) in [5.74, 6) is 0.779. The molecule has 0 N–H and O–H groups in total. The Hall–Kier alpha value is -1.22. The van der Waals surface area contributed by atoms with E-state index in [4.69, 9.17) is 16.3 Å². The van der Waals surface area contributed by atoms with Crippen molar-refractivity contribution in [3.05, 3.63) is 29.2 Å². The number of benzene rings is 1. The Labute approximate surface area is 123 Å². The Balaban J connectivity index is 1.86. The minimum atomic E-state index is -0.413. The van der Waals surface area contributed by atoms with Crippen LogP contribution in [-0.2, 0) is 7.05 Å². The molecule has 1 aliphatic carbocycles. The second-order valence-corrected chi connectivity index (χ2v) is 6.05. The van der Waals surface area contributed by atoms with Gasteiger partial charge in [0, 0.05) is 24.7 Å². The summed E-state index contributed by atoms with van der Waals surface area (Å²) in [5, 5.41) is 0.887. The van der Waals surface area contributed by atoms with Crippen LogP contribution in [0.15, 0.2) is 18.3 Å². The second kappa shape index (κ2) is 5.65. The van der Waals surface area contributed by atoms with Crippen molar-refractivity contribution in [2.75, 3.05) is 6.61 Å². The summed E-state index contributed by atoms with van der Waals surface area (Å²) in [5.41, 5.74) is 0.868. The Kier molecular flexibility index (Phi) is 3.88. The number of aromatic nitrogens is 1. The molecule has 3 rings (SSSR count). The summed E-state index contributed by atoms with van der Waals surface area (Å²) in [4.78, 5) is 0. The summed E-state index contributed by atoms with van der Waals surface area (Å²) >= 11 is 6.02. The third-order valence-corrected chi connectivity index (χ3v) is 4.59. The number of rotatable bonds is 3. The molecule has 4 heteroatoms. The van der Waals surface area contributed by atoms with Crippen LogP contribution in [-0.4, -0.2) is 11.2 Å². The van der Waals surface area contributed by atoms with Crippen molar-refractivity contribution < 1.29 is 9.13 Å². The molecule has 1 aromatic heterocycles. The molecule has 1 fully saturated rings. The zero-order chi connectivity index (χ0) is 14.1. The zero-order valence-corrected chi connectivity index (χ0v) is 12.4. The van der Waals surface area contributed by atoms with Gasteiger partial charge in [-0.05, 0) is 24.8 Å². The van der Waals surface area contributed by atoms with E-state index in [2.05, 4.69) is 0 Å². The van der Waals surface area contributed by atoms with Gasteiger partial charge >= 0.3 is 0 Å². The molecule has 0 unspecified atom stereocenters. The molecular formula is C16H19ClFNO. The van der Waals surface area contributed by atoms with Gasteiger partial charge in [0.1, 0.15) is 11.6 Å². The lowest BCUT2D eigenvalue weighted by atomic mass is 9.90. The molecule has 20 heavy (non-hydrogen) atoms. The Bertz CT molecular complexity index is 616. The van der Waals surface area contributed by atoms with Gasteiger partial charge in [-0.3, -0.25) is 0 Å². The van der Waals surface area contributed by atoms with Gasteiger partial charge in [-0.15, -0.1) is 0 Å². The third-order valence-electron chi connectivity index (χ3n) is 4.21. The fraction of sp³-hybridized carbons (Fsp3) is 0.500. The Morgan fingerprint density at radius 1 is 1.35 bits per heavy atom. The first kappa shape index (κ1) is 13.7. The van der Waals surface area contributed by atoms with E-state index in [1.165, 1.54) is 38.2 Å². The van der Waals surface area contributed by atoms with Crippen LogP contribution in [0, 0.1) is 11.7 Å². The van der Waals surface area contributed by atoms with Crippen molar-refractivity contribution in [1.29, 1.82) is 0 Å². The average Bonchev–Trinajstić information content (AvgIpc) is 2.85. The van der Waals surface area contributed by atoms with Crippen molar-refractivity contribution in [3.8, 4) is 5.75 Å². The predicted molar refractivity (Wildman–Crippen MR) is 80.0 cm³/mol. The molecule has 1 heterocycles. The van der Waals surface area contributed by atoms with Gasteiger partial charge in [0.2, 0.25) is 0 Å². The Morgan fingerprint density at radius 3 is 2.85 bits per heavy atom. The van der Waals surface area contributed by atoms with Crippen LogP contribution in [0.3, 0.4) is 0 Å². The van der Waals surface area contributed by atoms with E-state index < -0.39 is 5.82 Å². The highest BCUT2D eigenvalue weighted by molar-refractivity contribution is 6.35. The lowest BCUT2D eigenvalue weighted by Crippen LogP contribution is -2.15. The van der Waals surface area contributed by atoms with Gasteiger partial charge in [-0.2, -0.15) is 0 Å². The van der Waals surface area contributed by atoms with E-state index in [1.54, 1.807) is 0 Å². The molecule has 2 nitrogen and oxygen atoms in total. The first-order chi connectivity index (χ1) is 9.66. The number of hydrogen-bond donors (Lipinski definition) is 0. The first-order valence-electron chi connectivity index (χ1n) is 7.22. The monoisotopic (exact) mass is 295 g/mol. The van der Waals surface area contributed by atoms with Gasteiger partial charge in [0.05, 0.1) is 17.1 Å². The van der Waals surface area contributed by atoms with Crippen molar-refractivity contribution >= 4 is 22.5 Å². The fourth-order valence-electron chi connectivity index (χ4n) is 3.06. The van der Waals surface area contributed by atoms with E-state index in [0.29, 0.717) is 23.7 Å². The van der Waals surface area contributed by atoms with E-state index in [9.17, 15) is 4.39 Å². The molecule has 0 aliphatic heterocycles. The quantitative estimate of drug-likeness (QED) is 0.783. The number of aryl methyl sites for hydroxylation is 1. The summed E-state index contributed by atoms with van der Waals surface area (Å²) in [6.07, 6.45) is 8.20. The highest BCUT2D eigenvalue weighted by Crippen LogP contribution is 2.35. The van der Waals surface area contributed by atoms with Gasteiger partial charge < -0.3 is 9.30 Å². The van der Waals surface area contributed by atoms with Gasteiger partial charge in [-0.1, -0.05) is 30.9 Å². The molecule has 0 amide bonds. The number of nitrogens with zero attached hydrogens (tertiary/aromatic N) is 1. The van der Waals surface area contributed by atoms with Crippen molar-refractivity contribution in [3.63, 3.8) is 0 Å². The number of hydrogen-bond acceptors (Lipinski definition) is 1. The third kappa shape index (κ3) is 2.51. The van der Waals surface area contributed by atoms with Crippen LogP contribution in [0.4, 0.5) is 4.39 Å². The maximum absolute atomic E-state index is 13.9. The van der Waals surface area contributed by atoms with Crippen molar-refractivity contribution in [2.45, 2.75) is 32.1 Å². The van der Waals surface area contributed by atoms with Crippen LogP contribution >= 0.6 is 11.6 Å². The van der Waals surface area contributed by atoms with Crippen LogP contribution in [0.2, 0.25) is 5.02 Å². The highest BCUT2D eigenvalue weighted by Gasteiger charge is 2.17. The van der Waals surface area contributed by atoms with Gasteiger partial charge in [0.25, 0.3) is 0 Å². The van der Waals surface area contributed by atoms with Crippen molar-refractivity contribution in [2.24, 2.45) is 13.0 Å². The summed E-state index contributed by atoms with van der Waals surface area (Å²) in [6, 6.07) is 3.24. The topological polar surface area (TPSA) is 14.2 Å². The maximum Gasteiger partial charge on any atom is 0.146 e. The van der Waals surface area contributed by atoms with Crippen LogP contribution < -0.4 is 4.74 Å². The number of ether oxygens (including phenoxy) is 1. The molecule has 0 bridgehead atoms. The van der Waals surface area contributed by atoms with Crippen LogP contribution in [0.1, 0.15) is 32.1 Å². The Morgan fingerprint density at radius 2 is 2.10 bits per heavy atom. The van der Waals surface area contributed by atoms with Crippen molar-refractivity contribution in [1.82, 2.24) is 4.57 Å². The minimum Gasteiger partial charge on any atom is -0.491 e. The molecule has 0 saturated heterocycles. The first-order valence-corrected chi connectivity index (χ1v) is 7.60. The lowest BCUT2D eigenvalue weighted by molar-refractivity contribution is 0.209. The van der Waals surface area contributed by atoms with Gasteiger partial charge in [-0.25, -0.2) is 4.39 Å². The fourth-order valence-corrected chi connectivity index (χ4v) is 3.27. The molecule has 108 valence electrons. The summed E-state index contributed by atoms with van der Waals surface area (Å²) < 4.78 is 21.7. The van der Waals surface area contributed by atoms with E-state index in [0.717, 1.165) is 5.52 Å². The normalized spacial score (nSPS) is 16.8. The molecule has 2 aromatic rings. The van der Waals surface area contributed by atoms with Crippen LogP contribution in [0.25, 0.3) is 10.9 Å². The standard InChI is InChI=1S/C16H19ClFNO/c1-19-8-7-12-15(17)13(18)9-14(16(12)19)20-10-11-5-3-2-4-6-11/h7-9,11H,2-6,10H2,1H3. The molecular weight excluding hydrogens is 277 g/mol. The molecule has 1 aliphatic rings. The molecule has 1 aromatic carbocycles. The largest absolute Gasteiger partial charge is 0.491 e. The SMILES string of the molecule is Cn1ccc2c(Cl)c(F)cc(OCC3CCCCC3)c21. The van der Waals surface area contributed by atoms with E-state index in [-0.39, 0.29) is 5.02 Å². The number of halogens is 2. The number of fused-ring (bicyclic) bond motifs is 1. The highest BCUT2D eigenvalue weighted by atomic mass is 35.5. The average molecular weight is 296 g/mol. The van der Waals surface area contributed by atoms with Gasteiger partial charge in [0.15, 0.2) is 0 Å². The summed E-state index contributed by atoms with van der Waals surface area (Å²) in [7, 11) is 1.92. The van der Waals surface area contributed by atoms with Crippen LogP contribution in [0.5, 0.6) is 5.75 Å². The minimum absolute atomic E-state index is 0.172. The molecule has 0 radical (unpaired) electrons. The maximum atomic E-state index is 13.9. The zero-order valence-electron chi connectivity index (χ0n) is 11.7. The molecule has 1 saturated carbocycles.